The van der Waals surface area contributed by atoms with Crippen molar-refractivity contribution in [3.8, 4) is 22.7 Å². The lowest BCUT2D eigenvalue weighted by molar-refractivity contribution is 0.416. The monoisotopic (exact) mass is 298 g/mol. The maximum Gasteiger partial charge on any atom is 0.128 e. The number of nitrogens with two attached hydrogens (primary N) is 1. The fraction of sp³-hybridized carbons (Fsp3) is 0.125. The first kappa shape index (κ1) is 14.2. The summed E-state index contributed by atoms with van der Waals surface area (Å²) in [5.74, 6) is 0.338. The number of rotatable bonds is 4. The molecule has 1 aromatic heterocycles. The molecule has 3 rings (SSSR count). The predicted molar refractivity (Wildman–Crippen MR) is 81.2 cm³/mol. The van der Waals surface area contributed by atoms with Gasteiger partial charge in [-0.05, 0) is 30.3 Å². The molecule has 3 aromatic rings. The lowest BCUT2D eigenvalue weighted by atomic mass is 10.1. The van der Waals surface area contributed by atoms with Gasteiger partial charge in [0.05, 0.1) is 12.8 Å². The smallest absolute Gasteiger partial charge is 0.128 e. The van der Waals surface area contributed by atoms with Gasteiger partial charge in [-0.3, -0.25) is 0 Å². The summed E-state index contributed by atoms with van der Waals surface area (Å²) in [6, 6.07) is 13.7. The van der Waals surface area contributed by atoms with Crippen LogP contribution >= 0.6 is 0 Å². The van der Waals surface area contributed by atoms with Crippen molar-refractivity contribution in [3.63, 3.8) is 0 Å². The van der Waals surface area contributed by atoms with Crippen LogP contribution in [0.25, 0.3) is 16.9 Å². The highest BCUT2D eigenvalue weighted by atomic mass is 19.1. The third-order valence-electron chi connectivity index (χ3n) is 3.35. The van der Waals surface area contributed by atoms with Gasteiger partial charge in [0.15, 0.2) is 0 Å². The Bertz CT molecular complexity index is 800. The van der Waals surface area contributed by atoms with Crippen molar-refractivity contribution in [1.29, 1.82) is 0 Å². The average molecular weight is 298 g/mol. The first-order valence-corrected chi connectivity index (χ1v) is 6.78. The molecule has 5 nitrogen and oxygen atoms in total. The molecule has 0 saturated heterocycles. The first-order chi connectivity index (χ1) is 10.7. The minimum absolute atomic E-state index is 0.225. The number of aromatic nitrogens is 3. The van der Waals surface area contributed by atoms with Crippen molar-refractivity contribution in [2.45, 2.75) is 6.54 Å². The van der Waals surface area contributed by atoms with Gasteiger partial charge in [-0.25, -0.2) is 9.07 Å². The van der Waals surface area contributed by atoms with Crippen molar-refractivity contribution in [1.82, 2.24) is 15.0 Å². The van der Waals surface area contributed by atoms with Gasteiger partial charge in [0.25, 0.3) is 0 Å². The van der Waals surface area contributed by atoms with Gasteiger partial charge < -0.3 is 10.5 Å². The van der Waals surface area contributed by atoms with Gasteiger partial charge in [-0.2, -0.15) is 0 Å². The van der Waals surface area contributed by atoms with Crippen LogP contribution in [0.1, 0.15) is 5.69 Å². The standard InChI is InChI=1S/C16H15FN4O/c1-22-15-8-3-2-7-13(15)16-14(10-18)19-20-21(16)12-6-4-5-11(17)9-12/h2-9H,10,18H2,1H3. The zero-order valence-corrected chi connectivity index (χ0v) is 12.0. The molecule has 0 bridgehead atoms. The molecule has 0 aliphatic heterocycles. The van der Waals surface area contributed by atoms with E-state index in [0.29, 0.717) is 22.8 Å². The fourth-order valence-corrected chi connectivity index (χ4v) is 2.35. The van der Waals surface area contributed by atoms with Gasteiger partial charge in [0.1, 0.15) is 23.0 Å². The first-order valence-electron chi connectivity index (χ1n) is 6.78. The Labute approximate surface area is 127 Å². The van der Waals surface area contributed by atoms with Crippen molar-refractivity contribution >= 4 is 0 Å². The van der Waals surface area contributed by atoms with Crippen LogP contribution in [0.4, 0.5) is 4.39 Å². The quantitative estimate of drug-likeness (QED) is 0.804. The second-order valence-electron chi connectivity index (χ2n) is 4.68. The predicted octanol–water partition coefficient (Wildman–Crippen LogP) is 2.54. The summed E-state index contributed by atoms with van der Waals surface area (Å²) >= 11 is 0. The molecule has 0 aliphatic carbocycles. The summed E-state index contributed by atoms with van der Waals surface area (Å²) in [5, 5.41) is 8.22. The van der Waals surface area contributed by atoms with E-state index in [9.17, 15) is 4.39 Å². The third kappa shape index (κ3) is 2.44. The molecule has 0 saturated carbocycles. The Morgan fingerprint density at radius 2 is 2.00 bits per heavy atom. The minimum Gasteiger partial charge on any atom is -0.496 e. The van der Waals surface area contributed by atoms with Gasteiger partial charge in [-0.1, -0.05) is 23.4 Å². The molecular weight excluding hydrogens is 283 g/mol. The van der Waals surface area contributed by atoms with Crippen molar-refractivity contribution < 1.29 is 9.13 Å². The third-order valence-corrected chi connectivity index (χ3v) is 3.35. The maximum atomic E-state index is 13.5. The second-order valence-corrected chi connectivity index (χ2v) is 4.68. The van der Waals surface area contributed by atoms with Crippen LogP contribution in [-0.4, -0.2) is 22.1 Å². The van der Waals surface area contributed by atoms with E-state index in [1.54, 1.807) is 23.9 Å². The molecule has 0 unspecified atom stereocenters. The van der Waals surface area contributed by atoms with E-state index in [1.807, 2.05) is 24.3 Å². The summed E-state index contributed by atoms with van der Waals surface area (Å²) in [7, 11) is 1.59. The normalized spacial score (nSPS) is 10.7. The van der Waals surface area contributed by atoms with E-state index in [0.717, 1.165) is 5.56 Å². The van der Waals surface area contributed by atoms with E-state index in [1.165, 1.54) is 12.1 Å². The fourth-order valence-electron chi connectivity index (χ4n) is 2.35. The van der Waals surface area contributed by atoms with Crippen LogP contribution in [0, 0.1) is 5.82 Å². The zero-order valence-electron chi connectivity index (χ0n) is 12.0. The van der Waals surface area contributed by atoms with E-state index in [4.69, 9.17) is 10.5 Å². The van der Waals surface area contributed by atoms with Crippen LogP contribution < -0.4 is 10.5 Å². The Morgan fingerprint density at radius 1 is 1.18 bits per heavy atom. The highest BCUT2D eigenvalue weighted by Crippen LogP contribution is 2.32. The molecule has 6 heteroatoms. The molecule has 0 amide bonds. The zero-order chi connectivity index (χ0) is 15.5. The topological polar surface area (TPSA) is 66.0 Å². The molecule has 0 spiro atoms. The van der Waals surface area contributed by atoms with Gasteiger partial charge in [0.2, 0.25) is 0 Å². The highest BCUT2D eigenvalue weighted by molar-refractivity contribution is 5.70. The van der Waals surface area contributed by atoms with Crippen LogP contribution in [-0.2, 0) is 6.54 Å². The minimum atomic E-state index is -0.340. The van der Waals surface area contributed by atoms with Gasteiger partial charge in [-0.15, -0.1) is 5.10 Å². The van der Waals surface area contributed by atoms with Crippen molar-refractivity contribution in [2.24, 2.45) is 5.73 Å². The number of halogens is 1. The number of hydrogen-bond acceptors (Lipinski definition) is 4. The molecule has 1 heterocycles. The molecule has 2 N–H and O–H groups in total. The summed E-state index contributed by atoms with van der Waals surface area (Å²) < 4.78 is 20.5. The summed E-state index contributed by atoms with van der Waals surface area (Å²) in [4.78, 5) is 0. The van der Waals surface area contributed by atoms with Gasteiger partial charge in [0, 0.05) is 12.1 Å². The molecule has 0 fully saturated rings. The SMILES string of the molecule is COc1ccccc1-c1c(CN)nnn1-c1cccc(F)c1. The Balaban J connectivity index is 2.24. The molecule has 0 radical (unpaired) electrons. The van der Waals surface area contributed by atoms with E-state index >= 15 is 0 Å². The largest absolute Gasteiger partial charge is 0.496 e. The van der Waals surface area contributed by atoms with E-state index < -0.39 is 0 Å². The van der Waals surface area contributed by atoms with Crippen LogP contribution in [0.5, 0.6) is 5.75 Å². The average Bonchev–Trinajstić information content (AvgIpc) is 2.98. The molecule has 112 valence electrons. The Hall–Kier alpha value is -2.73. The number of nitrogens with zero attached hydrogens (tertiary/aromatic N) is 3. The summed E-state index contributed by atoms with van der Waals surface area (Å²) in [5.41, 5.74) is 8.47. The Kier molecular flexibility index (Phi) is 3.84. The van der Waals surface area contributed by atoms with E-state index in [2.05, 4.69) is 10.3 Å². The number of methoxy groups -OCH3 is 1. The van der Waals surface area contributed by atoms with Crippen LogP contribution in [0.15, 0.2) is 48.5 Å². The summed E-state index contributed by atoms with van der Waals surface area (Å²) in [6.45, 7) is 0.225. The van der Waals surface area contributed by atoms with Crippen molar-refractivity contribution in [2.75, 3.05) is 7.11 Å². The van der Waals surface area contributed by atoms with Crippen molar-refractivity contribution in [3.05, 3.63) is 60.0 Å². The number of hydrogen-bond donors (Lipinski definition) is 1. The molecule has 0 atom stereocenters. The lowest BCUT2D eigenvalue weighted by Gasteiger charge is -2.11. The highest BCUT2D eigenvalue weighted by Gasteiger charge is 2.18. The number of para-hydroxylation sites is 1. The van der Waals surface area contributed by atoms with Crippen LogP contribution in [0.2, 0.25) is 0 Å². The van der Waals surface area contributed by atoms with E-state index in [-0.39, 0.29) is 12.4 Å². The number of benzene rings is 2. The molecule has 0 aliphatic rings. The lowest BCUT2D eigenvalue weighted by Crippen LogP contribution is -2.04. The molecule has 22 heavy (non-hydrogen) atoms. The van der Waals surface area contributed by atoms with Gasteiger partial charge >= 0.3 is 0 Å². The number of ether oxygens (including phenoxy) is 1. The molecular formula is C16H15FN4O. The Morgan fingerprint density at radius 3 is 2.73 bits per heavy atom. The molecule has 2 aromatic carbocycles. The maximum absolute atomic E-state index is 13.5. The van der Waals surface area contributed by atoms with Crippen LogP contribution in [0.3, 0.4) is 0 Å². The second kappa shape index (κ2) is 5.95. The summed E-state index contributed by atoms with van der Waals surface area (Å²) in [6.07, 6.45) is 0.